The fourth-order valence-electron chi connectivity index (χ4n) is 2.35. The van der Waals surface area contributed by atoms with Crippen LogP contribution in [-0.4, -0.2) is 16.1 Å². The molecule has 0 amide bonds. The summed E-state index contributed by atoms with van der Waals surface area (Å²) in [5.74, 6) is 1.45. The molecule has 1 atom stereocenters. The van der Waals surface area contributed by atoms with Crippen molar-refractivity contribution in [1.29, 1.82) is 0 Å². The van der Waals surface area contributed by atoms with Crippen LogP contribution in [0.1, 0.15) is 12.1 Å². The Balaban J connectivity index is 1.97. The number of hydrogen-bond donors (Lipinski definition) is 1. The highest BCUT2D eigenvalue weighted by Gasteiger charge is 2.22. The number of fused-ring (bicyclic) bond motifs is 1. The van der Waals surface area contributed by atoms with Crippen LogP contribution in [0.2, 0.25) is 0 Å². The van der Waals surface area contributed by atoms with E-state index in [9.17, 15) is 0 Å². The second-order valence-corrected chi connectivity index (χ2v) is 4.31. The van der Waals surface area contributed by atoms with E-state index in [2.05, 4.69) is 9.55 Å². The lowest BCUT2D eigenvalue weighted by molar-refractivity contribution is 0.378. The summed E-state index contributed by atoms with van der Waals surface area (Å²) in [6.45, 7) is 1.74. The van der Waals surface area contributed by atoms with Crippen LogP contribution in [0.15, 0.2) is 29.1 Å². The third-order valence-corrected chi connectivity index (χ3v) is 3.28. The van der Waals surface area contributed by atoms with Crippen molar-refractivity contribution in [3.8, 4) is 11.5 Å². The third-order valence-electron chi connectivity index (χ3n) is 3.28. The molecule has 0 aliphatic carbocycles. The summed E-state index contributed by atoms with van der Waals surface area (Å²) >= 11 is 0. The summed E-state index contributed by atoms with van der Waals surface area (Å²) in [4.78, 5) is 4.44. The van der Waals surface area contributed by atoms with Gasteiger partial charge in [0, 0.05) is 12.2 Å². The minimum atomic E-state index is 0.589. The zero-order valence-corrected chi connectivity index (χ0v) is 9.10. The van der Waals surface area contributed by atoms with Crippen molar-refractivity contribution in [3.63, 3.8) is 0 Å². The van der Waals surface area contributed by atoms with Crippen molar-refractivity contribution in [2.75, 3.05) is 6.54 Å². The van der Waals surface area contributed by atoms with E-state index in [0.717, 1.165) is 37.4 Å². The number of nitrogens with two attached hydrogens (primary N) is 1. The molecule has 1 aliphatic heterocycles. The topological polar surface area (TPSA) is 57.0 Å². The molecular formula is C12H15N3O. The van der Waals surface area contributed by atoms with Crippen LogP contribution in [0.25, 0.3) is 11.5 Å². The Morgan fingerprint density at radius 3 is 3.25 bits per heavy atom. The fraction of sp³-hybridized carbons (Fsp3) is 0.417. The Bertz CT molecular complexity index is 472. The molecule has 1 aliphatic rings. The van der Waals surface area contributed by atoms with Crippen LogP contribution in [0.3, 0.4) is 0 Å². The quantitative estimate of drug-likeness (QED) is 0.832. The van der Waals surface area contributed by atoms with Crippen LogP contribution in [0.5, 0.6) is 0 Å². The summed E-state index contributed by atoms with van der Waals surface area (Å²) in [6.07, 6.45) is 5.77. The number of hydrogen-bond acceptors (Lipinski definition) is 3. The maximum Gasteiger partial charge on any atom is 0.154 e. The van der Waals surface area contributed by atoms with Gasteiger partial charge in [-0.1, -0.05) is 0 Å². The first-order valence-electron chi connectivity index (χ1n) is 5.66. The molecule has 1 unspecified atom stereocenters. The zero-order chi connectivity index (χ0) is 11.0. The van der Waals surface area contributed by atoms with E-state index in [0.29, 0.717) is 5.92 Å². The molecule has 0 fully saturated rings. The standard InChI is InChI=1S/C12H15N3O/c13-6-9-3-4-10-12(11-2-1-5-16-11)14-8-15(10)7-9/h1-2,5,8-9H,3-4,6-7,13H2. The predicted octanol–water partition coefficient (Wildman–Crippen LogP) is 1.66. The molecule has 2 aromatic rings. The first-order valence-corrected chi connectivity index (χ1v) is 5.66. The molecule has 4 nitrogen and oxygen atoms in total. The van der Waals surface area contributed by atoms with Crippen molar-refractivity contribution >= 4 is 0 Å². The molecule has 0 saturated carbocycles. The molecule has 0 spiro atoms. The minimum absolute atomic E-state index is 0.589. The third kappa shape index (κ3) is 1.46. The molecule has 2 aromatic heterocycles. The number of nitrogens with zero attached hydrogens (tertiary/aromatic N) is 2. The van der Waals surface area contributed by atoms with Crippen molar-refractivity contribution in [1.82, 2.24) is 9.55 Å². The lowest BCUT2D eigenvalue weighted by Crippen LogP contribution is -2.25. The fourth-order valence-corrected chi connectivity index (χ4v) is 2.35. The molecule has 2 N–H and O–H groups in total. The summed E-state index contributed by atoms with van der Waals surface area (Å²) < 4.78 is 7.60. The Morgan fingerprint density at radius 2 is 2.50 bits per heavy atom. The second-order valence-electron chi connectivity index (χ2n) is 4.31. The number of aromatic nitrogens is 2. The van der Waals surface area contributed by atoms with Crippen molar-refractivity contribution in [2.45, 2.75) is 19.4 Å². The van der Waals surface area contributed by atoms with Gasteiger partial charge in [0.1, 0.15) is 5.69 Å². The lowest BCUT2D eigenvalue weighted by Gasteiger charge is -2.23. The summed E-state index contributed by atoms with van der Waals surface area (Å²) in [7, 11) is 0. The Labute approximate surface area is 94.1 Å². The lowest BCUT2D eigenvalue weighted by atomic mass is 9.97. The molecule has 0 saturated heterocycles. The van der Waals surface area contributed by atoms with Gasteiger partial charge < -0.3 is 14.7 Å². The second kappa shape index (κ2) is 3.79. The van der Waals surface area contributed by atoms with Gasteiger partial charge in [-0.3, -0.25) is 0 Å². The van der Waals surface area contributed by atoms with Gasteiger partial charge in [0.2, 0.25) is 0 Å². The number of furan rings is 1. The molecule has 84 valence electrons. The first-order chi connectivity index (χ1) is 7.88. The maximum atomic E-state index is 5.71. The molecule has 0 radical (unpaired) electrons. The van der Waals surface area contributed by atoms with Crippen LogP contribution < -0.4 is 5.73 Å². The smallest absolute Gasteiger partial charge is 0.154 e. The van der Waals surface area contributed by atoms with Crippen LogP contribution in [0.4, 0.5) is 0 Å². The number of imidazole rings is 1. The van der Waals surface area contributed by atoms with Gasteiger partial charge in [-0.2, -0.15) is 0 Å². The van der Waals surface area contributed by atoms with Gasteiger partial charge in [0.05, 0.1) is 12.6 Å². The number of rotatable bonds is 2. The van der Waals surface area contributed by atoms with Gasteiger partial charge in [-0.15, -0.1) is 0 Å². The minimum Gasteiger partial charge on any atom is -0.463 e. The van der Waals surface area contributed by atoms with Gasteiger partial charge in [-0.25, -0.2) is 4.98 Å². The van der Waals surface area contributed by atoms with Crippen LogP contribution in [0, 0.1) is 5.92 Å². The Kier molecular flexibility index (Phi) is 2.29. The molecule has 0 bridgehead atoms. The highest BCUT2D eigenvalue weighted by Crippen LogP contribution is 2.28. The average molecular weight is 217 g/mol. The van der Waals surface area contributed by atoms with Crippen molar-refractivity contribution < 1.29 is 4.42 Å². The maximum absolute atomic E-state index is 5.71. The monoisotopic (exact) mass is 217 g/mol. The molecular weight excluding hydrogens is 202 g/mol. The van der Waals surface area contributed by atoms with E-state index in [4.69, 9.17) is 10.2 Å². The molecule has 3 heterocycles. The molecule has 3 rings (SSSR count). The molecule has 0 aromatic carbocycles. The summed E-state index contributed by atoms with van der Waals surface area (Å²) in [6, 6.07) is 3.85. The highest BCUT2D eigenvalue weighted by molar-refractivity contribution is 5.55. The van der Waals surface area contributed by atoms with Gasteiger partial charge in [0.25, 0.3) is 0 Å². The average Bonchev–Trinajstić information content (AvgIpc) is 2.96. The predicted molar refractivity (Wildman–Crippen MR) is 60.8 cm³/mol. The Morgan fingerprint density at radius 1 is 1.56 bits per heavy atom. The highest BCUT2D eigenvalue weighted by atomic mass is 16.3. The molecule has 4 heteroatoms. The van der Waals surface area contributed by atoms with Crippen LogP contribution in [-0.2, 0) is 13.0 Å². The summed E-state index contributed by atoms with van der Waals surface area (Å²) in [5, 5.41) is 0. The van der Waals surface area contributed by atoms with Gasteiger partial charge >= 0.3 is 0 Å². The first kappa shape index (κ1) is 9.66. The van der Waals surface area contributed by atoms with E-state index < -0.39 is 0 Å². The van der Waals surface area contributed by atoms with E-state index in [-0.39, 0.29) is 0 Å². The molecule has 16 heavy (non-hydrogen) atoms. The zero-order valence-electron chi connectivity index (χ0n) is 9.10. The SMILES string of the molecule is NCC1CCc2c(-c3ccco3)ncn2C1. The van der Waals surface area contributed by atoms with Gasteiger partial charge in [-0.05, 0) is 37.4 Å². The van der Waals surface area contributed by atoms with Gasteiger partial charge in [0.15, 0.2) is 5.76 Å². The van der Waals surface area contributed by atoms with E-state index in [1.807, 2.05) is 18.5 Å². The Hall–Kier alpha value is -1.55. The van der Waals surface area contributed by atoms with Crippen LogP contribution >= 0.6 is 0 Å². The van der Waals surface area contributed by atoms with E-state index in [1.165, 1.54) is 5.69 Å². The summed E-state index contributed by atoms with van der Waals surface area (Å²) in [5.41, 5.74) is 7.97. The van der Waals surface area contributed by atoms with E-state index >= 15 is 0 Å². The van der Waals surface area contributed by atoms with E-state index in [1.54, 1.807) is 6.26 Å². The van der Waals surface area contributed by atoms with Crippen molar-refractivity contribution in [3.05, 3.63) is 30.4 Å². The largest absolute Gasteiger partial charge is 0.463 e. The van der Waals surface area contributed by atoms with Crippen molar-refractivity contribution in [2.24, 2.45) is 11.7 Å². The normalized spacial score (nSPS) is 19.7.